The van der Waals surface area contributed by atoms with Crippen LogP contribution in [-0.4, -0.2) is 20.4 Å². The van der Waals surface area contributed by atoms with E-state index in [9.17, 15) is 25.2 Å². The van der Waals surface area contributed by atoms with E-state index in [4.69, 9.17) is 4.42 Å². The third-order valence-electron chi connectivity index (χ3n) is 4.39. The van der Waals surface area contributed by atoms with Gasteiger partial charge in [-0.15, -0.1) is 6.58 Å². The number of phenolic OH excluding ortho intramolecular Hbond substituents is 3. The van der Waals surface area contributed by atoms with Crippen LogP contribution in [0, 0.1) is 0 Å². The second kappa shape index (κ2) is 5.84. The molecule has 3 rings (SSSR count). The second-order valence-corrected chi connectivity index (χ2v) is 6.58. The highest BCUT2D eigenvalue weighted by atomic mass is 16.4. The first kappa shape index (κ1) is 17.4. The van der Waals surface area contributed by atoms with Gasteiger partial charge in [-0.25, -0.2) is 0 Å². The summed E-state index contributed by atoms with van der Waals surface area (Å²) in [5.74, 6) is -1.55. The summed E-state index contributed by atoms with van der Waals surface area (Å²) in [6, 6.07) is 6.75. The van der Waals surface area contributed by atoms with Crippen LogP contribution in [0.2, 0.25) is 0 Å². The molecule has 1 aromatic heterocycles. The lowest BCUT2D eigenvalue weighted by molar-refractivity contribution is 0.428. The smallest absolute Gasteiger partial charge is 0.238 e. The van der Waals surface area contributed by atoms with Crippen molar-refractivity contribution < 1.29 is 24.8 Å². The Kier molecular flexibility index (Phi) is 3.91. The summed E-state index contributed by atoms with van der Waals surface area (Å²) in [5, 5.41) is 40.0. The Hall–Kier alpha value is -3.41. The van der Waals surface area contributed by atoms with Gasteiger partial charge in [-0.3, -0.25) is 4.79 Å². The van der Waals surface area contributed by atoms with E-state index in [1.54, 1.807) is 19.9 Å². The molecule has 0 aliphatic heterocycles. The number of fused-ring (bicyclic) bond motifs is 1. The molecule has 0 aliphatic rings. The van der Waals surface area contributed by atoms with Crippen molar-refractivity contribution in [1.82, 2.24) is 0 Å². The number of benzene rings is 2. The Balaban J connectivity index is 2.50. The maximum atomic E-state index is 12.7. The molecule has 0 bridgehead atoms. The molecule has 3 aromatic rings. The molecule has 0 spiro atoms. The Bertz CT molecular complexity index is 1070. The summed E-state index contributed by atoms with van der Waals surface area (Å²) in [4.78, 5) is 12.7. The van der Waals surface area contributed by atoms with Crippen LogP contribution in [0.5, 0.6) is 23.0 Å². The summed E-state index contributed by atoms with van der Waals surface area (Å²) in [6.07, 6.45) is 1.58. The third-order valence-corrected chi connectivity index (χ3v) is 4.39. The van der Waals surface area contributed by atoms with Crippen molar-refractivity contribution in [3.63, 3.8) is 0 Å². The van der Waals surface area contributed by atoms with Crippen molar-refractivity contribution >= 4 is 11.0 Å². The van der Waals surface area contributed by atoms with Crippen LogP contribution in [0.15, 0.2) is 52.2 Å². The van der Waals surface area contributed by atoms with E-state index in [-0.39, 0.29) is 33.8 Å². The van der Waals surface area contributed by atoms with E-state index >= 15 is 0 Å². The van der Waals surface area contributed by atoms with E-state index in [0.29, 0.717) is 5.56 Å². The number of hydrogen-bond acceptors (Lipinski definition) is 6. The fourth-order valence-electron chi connectivity index (χ4n) is 2.86. The van der Waals surface area contributed by atoms with Gasteiger partial charge >= 0.3 is 0 Å². The van der Waals surface area contributed by atoms with Crippen LogP contribution < -0.4 is 5.43 Å². The lowest BCUT2D eigenvalue weighted by atomic mass is 9.83. The second-order valence-electron chi connectivity index (χ2n) is 6.58. The number of allylic oxidation sites excluding steroid dienone is 1. The molecule has 26 heavy (non-hydrogen) atoms. The predicted octanol–water partition coefficient (Wildman–Crippen LogP) is 3.75. The molecular formula is C20H18O6. The van der Waals surface area contributed by atoms with E-state index in [1.807, 2.05) is 0 Å². The fraction of sp³-hybridized carbons (Fsp3) is 0.150. The largest absolute Gasteiger partial charge is 0.508 e. The molecule has 2 aromatic carbocycles. The zero-order valence-electron chi connectivity index (χ0n) is 14.3. The topological polar surface area (TPSA) is 111 Å². The molecule has 0 unspecified atom stereocenters. The highest BCUT2D eigenvalue weighted by Crippen LogP contribution is 2.43. The van der Waals surface area contributed by atoms with E-state index in [0.717, 1.165) is 6.07 Å². The van der Waals surface area contributed by atoms with Gasteiger partial charge in [0, 0.05) is 22.6 Å². The summed E-state index contributed by atoms with van der Waals surface area (Å²) < 4.78 is 5.78. The van der Waals surface area contributed by atoms with Gasteiger partial charge in [0.1, 0.15) is 28.2 Å². The molecule has 0 saturated heterocycles. The molecule has 1 heterocycles. The van der Waals surface area contributed by atoms with Gasteiger partial charge in [0.25, 0.3) is 0 Å². The van der Waals surface area contributed by atoms with Gasteiger partial charge in [-0.05, 0) is 24.3 Å². The first-order valence-corrected chi connectivity index (χ1v) is 7.85. The average molecular weight is 354 g/mol. The standard InChI is InChI=1S/C20H18O6/c1-4-20(2,3)15-13(23)9-12(22)14-16(24)17(25)18(26-19(14)15)10-5-7-11(21)8-6-10/h4-9,21-23,25H,1H2,2-3H3. The van der Waals surface area contributed by atoms with Gasteiger partial charge in [0.05, 0.1) is 0 Å². The lowest BCUT2D eigenvalue weighted by Gasteiger charge is -2.23. The summed E-state index contributed by atoms with van der Waals surface area (Å²) >= 11 is 0. The number of phenols is 3. The molecule has 0 amide bonds. The maximum absolute atomic E-state index is 12.7. The number of rotatable bonds is 3. The number of aromatic hydroxyl groups is 4. The van der Waals surface area contributed by atoms with Gasteiger partial charge < -0.3 is 24.8 Å². The molecule has 0 fully saturated rings. The van der Waals surface area contributed by atoms with Crippen LogP contribution in [0.3, 0.4) is 0 Å². The highest BCUT2D eigenvalue weighted by Gasteiger charge is 2.29. The molecule has 0 saturated carbocycles. The minimum atomic E-state index is -0.826. The van der Waals surface area contributed by atoms with Crippen LogP contribution >= 0.6 is 0 Å². The molecule has 134 valence electrons. The monoisotopic (exact) mass is 354 g/mol. The zero-order chi connectivity index (χ0) is 19.2. The number of hydrogen-bond donors (Lipinski definition) is 4. The molecule has 0 aliphatic carbocycles. The SMILES string of the molecule is C=CC(C)(C)c1c(O)cc(O)c2c(=O)c(O)c(-c3ccc(O)cc3)oc12. The van der Waals surface area contributed by atoms with Gasteiger partial charge in [-0.2, -0.15) is 0 Å². The Morgan fingerprint density at radius 3 is 2.23 bits per heavy atom. The first-order valence-electron chi connectivity index (χ1n) is 7.85. The van der Waals surface area contributed by atoms with Crippen LogP contribution in [0.25, 0.3) is 22.3 Å². The molecule has 4 N–H and O–H groups in total. The average Bonchev–Trinajstić information content (AvgIpc) is 2.58. The zero-order valence-corrected chi connectivity index (χ0v) is 14.3. The molecule has 6 heteroatoms. The quantitative estimate of drug-likeness (QED) is 0.533. The summed E-state index contributed by atoms with van der Waals surface area (Å²) in [6.45, 7) is 7.26. The predicted molar refractivity (Wildman–Crippen MR) is 97.8 cm³/mol. The summed E-state index contributed by atoms with van der Waals surface area (Å²) in [7, 11) is 0. The third kappa shape index (κ3) is 2.56. The minimum absolute atomic E-state index is 0.0140. The van der Waals surface area contributed by atoms with E-state index < -0.39 is 22.3 Å². The van der Waals surface area contributed by atoms with Crippen LogP contribution in [-0.2, 0) is 5.41 Å². The van der Waals surface area contributed by atoms with Crippen molar-refractivity contribution in [2.45, 2.75) is 19.3 Å². The van der Waals surface area contributed by atoms with Crippen LogP contribution in [0.1, 0.15) is 19.4 Å². The van der Waals surface area contributed by atoms with Crippen molar-refractivity contribution in [3.05, 3.63) is 58.8 Å². The Labute approximate surface area is 148 Å². The van der Waals surface area contributed by atoms with E-state index in [2.05, 4.69) is 6.58 Å². The minimum Gasteiger partial charge on any atom is -0.508 e. The maximum Gasteiger partial charge on any atom is 0.238 e. The fourth-order valence-corrected chi connectivity index (χ4v) is 2.86. The van der Waals surface area contributed by atoms with Gasteiger partial charge in [0.2, 0.25) is 11.2 Å². The van der Waals surface area contributed by atoms with Crippen molar-refractivity contribution in [1.29, 1.82) is 0 Å². The van der Waals surface area contributed by atoms with Crippen molar-refractivity contribution in [2.24, 2.45) is 0 Å². The Morgan fingerprint density at radius 1 is 1.04 bits per heavy atom. The summed E-state index contributed by atoms with van der Waals surface area (Å²) in [5.41, 5.74) is -1.04. The molecule has 0 radical (unpaired) electrons. The first-order chi connectivity index (χ1) is 12.2. The molecular weight excluding hydrogens is 336 g/mol. The van der Waals surface area contributed by atoms with Gasteiger partial charge in [0.15, 0.2) is 5.76 Å². The van der Waals surface area contributed by atoms with Gasteiger partial charge in [-0.1, -0.05) is 19.9 Å². The van der Waals surface area contributed by atoms with Crippen molar-refractivity contribution in [3.8, 4) is 34.3 Å². The molecule has 6 nitrogen and oxygen atoms in total. The van der Waals surface area contributed by atoms with E-state index in [1.165, 1.54) is 24.3 Å². The van der Waals surface area contributed by atoms with Crippen molar-refractivity contribution in [2.75, 3.05) is 0 Å². The Morgan fingerprint density at radius 2 is 1.65 bits per heavy atom. The van der Waals surface area contributed by atoms with Crippen LogP contribution in [0.4, 0.5) is 0 Å². The molecule has 0 atom stereocenters. The highest BCUT2D eigenvalue weighted by molar-refractivity contribution is 5.92. The normalized spacial score (nSPS) is 11.6. The lowest BCUT2D eigenvalue weighted by Crippen LogP contribution is -2.15.